The molecule has 8 heteroatoms. The van der Waals surface area contributed by atoms with E-state index in [0.717, 1.165) is 5.56 Å². The SMILES string of the molecule is NC(=O)O[C@@H](COCc1ccccc1)COc1ncc(Cl)cc1Br. The summed E-state index contributed by atoms with van der Waals surface area (Å²) < 4.78 is 16.7. The first kappa shape index (κ1) is 18.5. The van der Waals surface area contributed by atoms with Crippen molar-refractivity contribution in [2.24, 2.45) is 5.73 Å². The number of nitrogens with two attached hydrogens (primary N) is 1. The molecule has 2 rings (SSSR count). The molecular weight excluding hydrogens is 400 g/mol. The summed E-state index contributed by atoms with van der Waals surface area (Å²) in [7, 11) is 0. The smallest absolute Gasteiger partial charge is 0.404 e. The molecule has 0 aliphatic heterocycles. The number of ether oxygens (including phenoxy) is 3. The Morgan fingerprint density at radius 1 is 1.29 bits per heavy atom. The summed E-state index contributed by atoms with van der Waals surface area (Å²) in [6.07, 6.45) is -0.0945. The van der Waals surface area contributed by atoms with E-state index in [4.69, 9.17) is 31.5 Å². The fourth-order valence-corrected chi connectivity index (χ4v) is 2.60. The summed E-state index contributed by atoms with van der Waals surface area (Å²) in [5.74, 6) is 0.334. The van der Waals surface area contributed by atoms with Gasteiger partial charge in [-0.1, -0.05) is 41.9 Å². The topological polar surface area (TPSA) is 83.7 Å². The van der Waals surface area contributed by atoms with Crippen LogP contribution in [0.5, 0.6) is 5.88 Å². The summed E-state index contributed by atoms with van der Waals surface area (Å²) >= 11 is 9.12. The van der Waals surface area contributed by atoms with Gasteiger partial charge < -0.3 is 19.9 Å². The number of amides is 1. The average molecular weight is 416 g/mol. The Hall–Kier alpha value is -1.83. The van der Waals surface area contributed by atoms with Crippen molar-refractivity contribution in [3.05, 3.63) is 57.7 Å². The van der Waals surface area contributed by atoms with Crippen molar-refractivity contribution in [2.45, 2.75) is 12.7 Å². The van der Waals surface area contributed by atoms with Gasteiger partial charge in [0.05, 0.1) is 22.7 Å². The van der Waals surface area contributed by atoms with E-state index in [9.17, 15) is 4.79 Å². The predicted octanol–water partition coefficient (Wildman–Crippen LogP) is 3.56. The molecule has 0 unspecified atom stereocenters. The number of primary amides is 1. The summed E-state index contributed by atoms with van der Waals surface area (Å²) in [6, 6.07) is 11.3. The van der Waals surface area contributed by atoms with E-state index in [1.54, 1.807) is 6.07 Å². The second-order valence-corrected chi connectivity index (χ2v) is 6.10. The zero-order chi connectivity index (χ0) is 17.4. The van der Waals surface area contributed by atoms with Crippen molar-refractivity contribution in [2.75, 3.05) is 13.2 Å². The van der Waals surface area contributed by atoms with Gasteiger partial charge in [-0.2, -0.15) is 0 Å². The van der Waals surface area contributed by atoms with Crippen molar-refractivity contribution >= 4 is 33.6 Å². The van der Waals surface area contributed by atoms with Crippen LogP contribution in [0.4, 0.5) is 4.79 Å². The van der Waals surface area contributed by atoms with Gasteiger partial charge in [0, 0.05) is 6.20 Å². The minimum atomic E-state index is -0.893. The molecule has 0 saturated carbocycles. The van der Waals surface area contributed by atoms with Crippen molar-refractivity contribution in [1.29, 1.82) is 0 Å². The van der Waals surface area contributed by atoms with E-state index >= 15 is 0 Å². The van der Waals surface area contributed by atoms with Gasteiger partial charge >= 0.3 is 6.09 Å². The molecule has 1 heterocycles. The normalized spacial score (nSPS) is 11.8. The van der Waals surface area contributed by atoms with Crippen LogP contribution in [0, 0.1) is 0 Å². The molecule has 0 radical (unpaired) electrons. The van der Waals surface area contributed by atoms with E-state index < -0.39 is 12.2 Å². The van der Waals surface area contributed by atoms with E-state index in [-0.39, 0.29) is 13.2 Å². The third-order valence-electron chi connectivity index (χ3n) is 2.88. The molecule has 2 N–H and O–H groups in total. The van der Waals surface area contributed by atoms with Gasteiger partial charge in [0.2, 0.25) is 5.88 Å². The molecule has 0 fully saturated rings. The van der Waals surface area contributed by atoms with Gasteiger partial charge in [-0.25, -0.2) is 9.78 Å². The Morgan fingerprint density at radius 2 is 2.04 bits per heavy atom. The lowest BCUT2D eigenvalue weighted by atomic mass is 10.2. The van der Waals surface area contributed by atoms with Gasteiger partial charge in [0.1, 0.15) is 6.61 Å². The Balaban J connectivity index is 1.86. The molecule has 0 aliphatic carbocycles. The number of rotatable bonds is 8. The fourth-order valence-electron chi connectivity index (χ4n) is 1.84. The van der Waals surface area contributed by atoms with Crippen LogP contribution < -0.4 is 10.5 Å². The van der Waals surface area contributed by atoms with Crippen molar-refractivity contribution in [3.8, 4) is 5.88 Å². The molecule has 1 aromatic carbocycles. The van der Waals surface area contributed by atoms with Gasteiger partial charge in [-0.05, 0) is 27.6 Å². The zero-order valence-electron chi connectivity index (χ0n) is 12.7. The number of hydrogen-bond donors (Lipinski definition) is 1. The first-order chi connectivity index (χ1) is 11.5. The van der Waals surface area contributed by atoms with E-state index in [2.05, 4.69) is 20.9 Å². The number of halogens is 2. The van der Waals surface area contributed by atoms with Gasteiger partial charge in [-0.15, -0.1) is 0 Å². The molecule has 0 spiro atoms. The van der Waals surface area contributed by atoms with E-state index in [1.165, 1.54) is 6.20 Å². The van der Waals surface area contributed by atoms with Crippen LogP contribution in [0.15, 0.2) is 47.1 Å². The van der Waals surface area contributed by atoms with E-state index in [1.807, 2.05) is 30.3 Å². The Morgan fingerprint density at radius 3 is 2.71 bits per heavy atom. The van der Waals surface area contributed by atoms with Crippen LogP contribution in [0.25, 0.3) is 0 Å². The monoisotopic (exact) mass is 414 g/mol. The molecule has 24 heavy (non-hydrogen) atoms. The Kier molecular flexibility index (Phi) is 7.30. The summed E-state index contributed by atoms with van der Waals surface area (Å²) in [6.45, 7) is 0.580. The highest BCUT2D eigenvalue weighted by atomic mass is 79.9. The quantitative estimate of drug-likeness (QED) is 0.713. The Labute approximate surface area is 153 Å². The van der Waals surface area contributed by atoms with Crippen LogP contribution in [0.1, 0.15) is 5.56 Å². The van der Waals surface area contributed by atoms with Crippen molar-refractivity contribution < 1.29 is 19.0 Å². The summed E-state index contributed by atoms with van der Waals surface area (Å²) in [5.41, 5.74) is 6.09. The van der Waals surface area contributed by atoms with Crippen LogP contribution in [-0.4, -0.2) is 30.4 Å². The van der Waals surface area contributed by atoms with Crippen molar-refractivity contribution in [1.82, 2.24) is 4.98 Å². The number of benzene rings is 1. The van der Waals surface area contributed by atoms with Gasteiger partial charge in [-0.3, -0.25) is 0 Å². The molecule has 1 amide bonds. The molecule has 2 aromatic rings. The second-order valence-electron chi connectivity index (χ2n) is 4.81. The third-order valence-corrected chi connectivity index (χ3v) is 3.65. The van der Waals surface area contributed by atoms with Crippen LogP contribution in [-0.2, 0) is 16.1 Å². The highest BCUT2D eigenvalue weighted by molar-refractivity contribution is 9.10. The lowest BCUT2D eigenvalue weighted by Gasteiger charge is -2.17. The molecular formula is C16H16BrClN2O4. The minimum absolute atomic E-state index is 0.0466. The van der Waals surface area contributed by atoms with Crippen LogP contribution >= 0.6 is 27.5 Å². The molecule has 1 atom stereocenters. The molecule has 1 aromatic heterocycles. The minimum Gasteiger partial charge on any atom is -0.473 e. The van der Waals surface area contributed by atoms with E-state index in [0.29, 0.717) is 22.0 Å². The first-order valence-corrected chi connectivity index (χ1v) is 8.23. The standard InChI is InChI=1S/C16H16BrClN2O4/c17-14-6-12(18)7-20-15(14)23-10-13(24-16(19)21)9-22-8-11-4-2-1-3-5-11/h1-7,13H,8-10H2,(H2,19,21)/t13-/m0/s1. The molecule has 0 aliphatic rings. The molecule has 6 nitrogen and oxygen atoms in total. The van der Waals surface area contributed by atoms with Gasteiger partial charge in [0.25, 0.3) is 0 Å². The first-order valence-electron chi connectivity index (χ1n) is 7.06. The number of nitrogens with zero attached hydrogens (tertiary/aromatic N) is 1. The summed E-state index contributed by atoms with van der Waals surface area (Å²) in [4.78, 5) is 15.1. The second kappa shape index (κ2) is 9.46. The highest BCUT2D eigenvalue weighted by Crippen LogP contribution is 2.25. The molecule has 128 valence electrons. The van der Waals surface area contributed by atoms with Gasteiger partial charge in [0.15, 0.2) is 6.10 Å². The number of hydrogen-bond acceptors (Lipinski definition) is 5. The average Bonchev–Trinajstić information content (AvgIpc) is 2.54. The number of carbonyl (C=O) groups excluding carboxylic acids is 1. The summed E-state index contributed by atoms with van der Waals surface area (Å²) in [5, 5.41) is 0.477. The maximum Gasteiger partial charge on any atom is 0.404 e. The van der Waals surface area contributed by atoms with Crippen molar-refractivity contribution in [3.63, 3.8) is 0 Å². The maximum atomic E-state index is 11.0. The highest BCUT2D eigenvalue weighted by Gasteiger charge is 2.16. The van der Waals surface area contributed by atoms with Crippen LogP contribution in [0.2, 0.25) is 5.02 Å². The number of carbonyl (C=O) groups is 1. The van der Waals surface area contributed by atoms with Crippen LogP contribution in [0.3, 0.4) is 0 Å². The lowest BCUT2D eigenvalue weighted by molar-refractivity contribution is -0.00496. The lowest BCUT2D eigenvalue weighted by Crippen LogP contribution is -2.32. The number of pyridine rings is 1. The predicted molar refractivity (Wildman–Crippen MR) is 93.0 cm³/mol. The maximum absolute atomic E-state index is 11.0. The number of aromatic nitrogens is 1. The molecule has 0 saturated heterocycles. The fraction of sp³-hybridized carbons (Fsp3) is 0.250. The largest absolute Gasteiger partial charge is 0.473 e. The molecule has 0 bridgehead atoms. The zero-order valence-corrected chi connectivity index (χ0v) is 15.0. The Bertz CT molecular complexity index is 672. The third kappa shape index (κ3) is 6.35.